The van der Waals surface area contributed by atoms with E-state index in [0.717, 1.165) is 22.8 Å². The fraction of sp³-hybridized carbons (Fsp3) is 0.579. The summed E-state index contributed by atoms with van der Waals surface area (Å²) in [6.45, 7) is 9.07. The van der Waals surface area contributed by atoms with Gasteiger partial charge in [-0.1, -0.05) is 20.8 Å². The van der Waals surface area contributed by atoms with E-state index in [4.69, 9.17) is 9.47 Å². The molecule has 24 heavy (non-hydrogen) atoms. The highest BCUT2D eigenvalue weighted by Gasteiger charge is 2.28. The monoisotopic (exact) mass is 329 g/mol. The van der Waals surface area contributed by atoms with Crippen LogP contribution >= 0.6 is 0 Å². The summed E-state index contributed by atoms with van der Waals surface area (Å²) in [6.07, 6.45) is 4.39. The maximum absolute atomic E-state index is 6.12. The quantitative estimate of drug-likeness (QED) is 0.868. The van der Waals surface area contributed by atoms with Crippen LogP contribution in [-0.2, 0) is 10.2 Å². The molecule has 1 saturated carbocycles. The van der Waals surface area contributed by atoms with Gasteiger partial charge in [-0.25, -0.2) is 0 Å². The molecule has 1 unspecified atom stereocenters. The highest BCUT2D eigenvalue weighted by molar-refractivity contribution is 5.58. The number of nitrogens with one attached hydrogen (secondary N) is 1. The van der Waals surface area contributed by atoms with Gasteiger partial charge in [-0.3, -0.25) is 10.1 Å². The highest BCUT2D eigenvalue weighted by atomic mass is 16.5. The number of rotatable bonds is 6. The number of hydrogen-bond acceptors (Lipinski definition) is 4. The normalized spacial score (nSPS) is 16.2. The first-order chi connectivity index (χ1) is 11.4. The van der Waals surface area contributed by atoms with Gasteiger partial charge in [0.05, 0.1) is 12.3 Å². The molecule has 0 amide bonds. The van der Waals surface area contributed by atoms with Crippen molar-refractivity contribution in [3.05, 3.63) is 29.6 Å². The van der Waals surface area contributed by atoms with Crippen LogP contribution < -0.4 is 4.74 Å². The van der Waals surface area contributed by atoms with Gasteiger partial charge in [-0.05, 0) is 31.7 Å². The van der Waals surface area contributed by atoms with Crippen LogP contribution in [0.3, 0.4) is 0 Å². The first-order valence-electron chi connectivity index (χ1n) is 8.60. The Morgan fingerprint density at radius 3 is 2.58 bits per heavy atom. The Hall–Kier alpha value is -1.88. The summed E-state index contributed by atoms with van der Waals surface area (Å²) < 4.78 is 11.3. The van der Waals surface area contributed by atoms with Crippen molar-refractivity contribution < 1.29 is 9.47 Å². The van der Waals surface area contributed by atoms with E-state index in [2.05, 4.69) is 42.0 Å². The molecular formula is C19H27N3O2. The number of pyridine rings is 1. The van der Waals surface area contributed by atoms with Gasteiger partial charge in [0.15, 0.2) is 0 Å². The summed E-state index contributed by atoms with van der Waals surface area (Å²) in [6, 6.07) is 4.09. The van der Waals surface area contributed by atoms with Crippen molar-refractivity contribution in [1.82, 2.24) is 15.2 Å². The second kappa shape index (κ2) is 6.55. The number of hydrogen-bond donors (Lipinski definition) is 1. The van der Waals surface area contributed by atoms with Crippen molar-refractivity contribution in [1.29, 1.82) is 0 Å². The first-order valence-corrected chi connectivity index (χ1v) is 8.60. The molecule has 2 aromatic rings. The lowest BCUT2D eigenvalue weighted by molar-refractivity contribution is 0.0914. The van der Waals surface area contributed by atoms with Crippen LogP contribution in [0.5, 0.6) is 5.75 Å². The first kappa shape index (κ1) is 17.0. The van der Waals surface area contributed by atoms with Gasteiger partial charge < -0.3 is 9.47 Å². The third-order valence-electron chi connectivity index (χ3n) is 4.29. The maximum Gasteiger partial charge on any atom is 0.127 e. The van der Waals surface area contributed by atoms with Crippen molar-refractivity contribution in [2.24, 2.45) is 0 Å². The standard InChI is InChI=1S/C19H27N3O2/c1-12(11-23-5)24-17-8-15(20-10-14(17)13-6-7-13)16-9-18(22-21-16)19(2,3)4/h8-10,12-13H,6-7,11H2,1-5H3,(H,21,22). The minimum atomic E-state index is 0.00655. The van der Waals surface area contributed by atoms with E-state index in [-0.39, 0.29) is 11.5 Å². The second-order valence-corrected chi connectivity index (χ2v) is 7.68. The molecule has 1 atom stereocenters. The Balaban J connectivity index is 1.90. The SMILES string of the molecule is COCC(C)Oc1cc(-c2cc(C(C)(C)C)[nH]n2)ncc1C1CC1. The predicted molar refractivity (Wildman–Crippen MR) is 94.5 cm³/mol. The third-order valence-corrected chi connectivity index (χ3v) is 4.29. The van der Waals surface area contributed by atoms with E-state index < -0.39 is 0 Å². The molecule has 130 valence electrons. The van der Waals surface area contributed by atoms with E-state index in [1.807, 2.05) is 19.2 Å². The minimum Gasteiger partial charge on any atom is -0.488 e. The molecule has 2 heterocycles. The average molecular weight is 329 g/mol. The van der Waals surface area contributed by atoms with Gasteiger partial charge in [-0.2, -0.15) is 5.10 Å². The van der Waals surface area contributed by atoms with Crippen LogP contribution in [0.15, 0.2) is 18.3 Å². The zero-order valence-corrected chi connectivity index (χ0v) is 15.2. The largest absolute Gasteiger partial charge is 0.488 e. The van der Waals surface area contributed by atoms with E-state index in [0.29, 0.717) is 12.5 Å². The molecule has 0 saturated heterocycles. The molecule has 2 aromatic heterocycles. The topological polar surface area (TPSA) is 60.0 Å². The number of aromatic nitrogens is 3. The lowest BCUT2D eigenvalue weighted by Gasteiger charge is -2.17. The van der Waals surface area contributed by atoms with Crippen LogP contribution in [0.2, 0.25) is 0 Å². The van der Waals surface area contributed by atoms with E-state index in [1.54, 1.807) is 7.11 Å². The Kier molecular flexibility index (Phi) is 4.63. The Bertz CT molecular complexity index is 699. The lowest BCUT2D eigenvalue weighted by Crippen LogP contribution is -2.18. The van der Waals surface area contributed by atoms with Crippen LogP contribution in [0, 0.1) is 0 Å². The summed E-state index contributed by atoms with van der Waals surface area (Å²) in [5.74, 6) is 1.49. The molecule has 5 nitrogen and oxygen atoms in total. The van der Waals surface area contributed by atoms with Gasteiger partial charge >= 0.3 is 0 Å². The molecule has 1 aliphatic carbocycles. The molecule has 0 aliphatic heterocycles. The van der Waals surface area contributed by atoms with E-state index in [9.17, 15) is 0 Å². The molecule has 1 aliphatic rings. The zero-order chi connectivity index (χ0) is 17.3. The highest BCUT2D eigenvalue weighted by Crippen LogP contribution is 2.45. The van der Waals surface area contributed by atoms with Gasteiger partial charge in [-0.15, -0.1) is 0 Å². The summed E-state index contributed by atoms with van der Waals surface area (Å²) in [5.41, 5.74) is 4.03. The van der Waals surface area contributed by atoms with Crippen molar-refractivity contribution in [2.75, 3.05) is 13.7 Å². The van der Waals surface area contributed by atoms with Gasteiger partial charge in [0.25, 0.3) is 0 Å². The number of nitrogens with zero attached hydrogens (tertiary/aromatic N) is 2. The zero-order valence-electron chi connectivity index (χ0n) is 15.2. The van der Waals surface area contributed by atoms with Crippen molar-refractivity contribution in [2.45, 2.75) is 58.0 Å². The minimum absolute atomic E-state index is 0.00655. The molecule has 3 rings (SSSR count). The number of methoxy groups -OCH3 is 1. The predicted octanol–water partition coefficient (Wildman–Crippen LogP) is 4.06. The fourth-order valence-corrected chi connectivity index (χ4v) is 2.71. The summed E-state index contributed by atoms with van der Waals surface area (Å²) in [5, 5.41) is 7.56. The molecule has 0 radical (unpaired) electrons. The fourth-order valence-electron chi connectivity index (χ4n) is 2.71. The maximum atomic E-state index is 6.12. The van der Waals surface area contributed by atoms with Crippen LogP contribution in [0.4, 0.5) is 0 Å². The van der Waals surface area contributed by atoms with E-state index in [1.165, 1.54) is 18.4 Å². The summed E-state index contributed by atoms with van der Waals surface area (Å²) >= 11 is 0. The third kappa shape index (κ3) is 3.78. The molecule has 1 N–H and O–H groups in total. The Morgan fingerprint density at radius 1 is 1.25 bits per heavy atom. The molecule has 0 bridgehead atoms. The number of H-pyrrole nitrogens is 1. The molecule has 1 fully saturated rings. The van der Waals surface area contributed by atoms with Crippen LogP contribution in [0.1, 0.15) is 57.7 Å². The molecule has 0 spiro atoms. The molecule has 0 aromatic carbocycles. The Morgan fingerprint density at radius 2 is 2.00 bits per heavy atom. The summed E-state index contributed by atoms with van der Waals surface area (Å²) in [7, 11) is 1.69. The number of aromatic amines is 1. The number of ether oxygens (including phenoxy) is 2. The average Bonchev–Trinajstić information content (AvgIpc) is 3.21. The molecule has 5 heteroatoms. The lowest BCUT2D eigenvalue weighted by atomic mass is 9.92. The van der Waals surface area contributed by atoms with Crippen molar-refractivity contribution in [3.63, 3.8) is 0 Å². The smallest absolute Gasteiger partial charge is 0.127 e. The van der Waals surface area contributed by atoms with Crippen molar-refractivity contribution in [3.8, 4) is 17.1 Å². The second-order valence-electron chi connectivity index (χ2n) is 7.68. The Labute approximate surface area is 143 Å². The van der Waals surface area contributed by atoms with Crippen LogP contribution in [-0.4, -0.2) is 35.0 Å². The van der Waals surface area contributed by atoms with Crippen molar-refractivity contribution >= 4 is 0 Å². The van der Waals surface area contributed by atoms with Crippen LogP contribution in [0.25, 0.3) is 11.4 Å². The van der Waals surface area contributed by atoms with Gasteiger partial charge in [0.2, 0.25) is 0 Å². The summed E-state index contributed by atoms with van der Waals surface area (Å²) in [4.78, 5) is 4.63. The van der Waals surface area contributed by atoms with E-state index >= 15 is 0 Å². The van der Waals surface area contributed by atoms with Gasteiger partial charge in [0, 0.05) is 36.0 Å². The van der Waals surface area contributed by atoms with Gasteiger partial charge in [0.1, 0.15) is 17.5 Å². The molecular weight excluding hydrogens is 302 g/mol.